The van der Waals surface area contributed by atoms with Crippen LogP contribution in [0.4, 0.5) is 4.79 Å². The minimum atomic E-state index is -0.216. The topological polar surface area (TPSA) is 89.5 Å². The van der Waals surface area contributed by atoms with E-state index in [2.05, 4.69) is 22.5 Å². The highest BCUT2D eigenvalue weighted by Gasteiger charge is 2.24. The Labute approximate surface area is 191 Å². The molecule has 168 valence electrons. The van der Waals surface area contributed by atoms with Gasteiger partial charge in [0.2, 0.25) is 5.91 Å². The second-order valence-corrected chi connectivity index (χ2v) is 7.21. The molecule has 0 aromatic carbocycles. The number of carbonyl (C=O) groups is 2. The van der Waals surface area contributed by atoms with Crippen LogP contribution in [-0.4, -0.2) is 104 Å². The summed E-state index contributed by atoms with van der Waals surface area (Å²) in [7, 11) is 0. The number of halogens is 1. The van der Waals surface area contributed by atoms with Crippen molar-refractivity contribution >= 4 is 41.9 Å². The molecule has 2 heterocycles. The zero-order valence-electron chi connectivity index (χ0n) is 18.0. The van der Waals surface area contributed by atoms with E-state index in [0.29, 0.717) is 25.7 Å². The molecule has 0 unspecified atom stereocenters. The Morgan fingerprint density at radius 3 is 2.24 bits per heavy atom. The lowest BCUT2D eigenvalue weighted by Crippen LogP contribution is -2.50. The number of carbonyl (C=O) groups excluding carboxylic acids is 2. The summed E-state index contributed by atoms with van der Waals surface area (Å²) in [6.45, 7) is 13.2. The SMILES string of the molecule is CCNC(=NCCN1CCN(C(C)=O)CC1)NC1CCN(C(=O)OCC)CC1.I. The van der Waals surface area contributed by atoms with Crippen molar-refractivity contribution in [1.29, 1.82) is 0 Å². The van der Waals surface area contributed by atoms with Crippen molar-refractivity contribution in [3.8, 4) is 0 Å². The molecule has 2 saturated heterocycles. The molecule has 2 fully saturated rings. The quantitative estimate of drug-likeness (QED) is 0.306. The molecule has 2 amide bonds. The van der Waals surface area contributed by atoms with Crippen LogP contribution < -0.4 is 10.6 Å². The number of likely N-dealkylation sites (tertiary alicyclic amines) is 1. The first-order chi connectivity index (χ1) is 13.5. The number of nitrogens with zero attached hydrogens (tertiary/aromatic N) is 4. The average Bonchev–Trinajstić information content (AvgIpc) is 2.69. The number of hydrogen-bond acceptors (Lipinski definition) is 5. The first-order valence-electron chi connectivity index (χ1n) is 10.5. The maximum absolute atomic E-state index is 11.8. The van der Waals surface area contributed by atoms with Crippen molar-refractivity contribution in [2.24, 2.45) is 4.99 Å². The molecule has 2 aliphatic heterocycles. The summed E-state index contributed by atoms with van der Waals surface area (Å²) in [6.07, 6.45) is 1.55. The fourth-order valence-corrected chi connectivity index (χ4v) is 3.52. The lowest BCUT2D eigenvalue weighted by molar-refractivity contribution is -0.130. The molecule has 0 atom stereocenters. The molecule has 0 bridgehead atoms. The predicted octanol–water partition coefficient (Wildman–Crippen LogP) is 0.945. The van der Waals surface area contributed by atoms with Gasteiger partial charge in [0.05, 0.1) is 13.2 Å². The summed E-state index contributed by atoms with van der Waals surface area (Å²) < 4.78 is 5.07. The minimum absolute atomic E-state index is 0. The smallest absolute Gasteiger partial charge is 0.409 e. The van der Waals surface area contributed by atoms with E-state index in [1.165, 1.54) is 0 Å². The molecule has 0 saturated carbocycles. The monoisotopic (exact) mass is 524 g/mol. The first kappa shape index (κ1) is 25.7. The second-order valence-electron chi connectivity index (χ2n) is 7.21. The van der Waals surface area contributed by atoms with E-state index in [1.54, 1.807) is 11.8 Å². The van der Waals surface area contributed by atoms with Crippen LogP contribution in [0, 0.1) is 0 Å². The Morgan fingerprint density at radius 1 is 1.03 bits per heavy atom. The summed E-state index contributed by atoms with van der Waals surface area (Å²) >= 11 is 0. The van der Waals surface area contributed by atoms with E-state index >= 15 is 0 Å². The van der Waals surface area contributed by atoms with E-state index in [1.807, 2.05) is 11.8 Å². The van der Waals surface area contributed by atoms with Crippen molar-refractivity contribution in [2.75, 3.05) is 65.5 Å². The number of nitrogens with one attached hydrogen (secondary N) is 2. The van der Waals surface area contributed by atoms with Gasteiger partial charge >= 0.3 is 6.09 Å². The minimum Gasteiger partial charge on any atom is -0.450 e. The van der Waals surface area contributed by atoms with E-state index in [4.69, 9.17) is 9.73 Å². The number of hydrogen-bond donors (Lipinski definition) is 2. The van der Waals surface area contributed by atoms with Crippen molar-refractivity contribution in [2.45, 2.75) is 39.7 Å². The molecule has 9 nitrogen and oxygen atoms in total. The third-order valence-electron chi connectivity index (χ3n) is 5.21. The standard InChI is InChI=1S/C19H36N6O3.HI/c1-4-20-18(21-8-11-23-12-14-24(15-13-23)16(3)26)22-17-6-9-25(10-7-17)19(27)28-5-2;/h17H,4-15H2,1-3H3,(H2,20,21,22);1H. The normalized spacial score (nSPS) is 18.8. The van der Waals surface area contributed by atoms with Crippen molar-refractivity contribution < 1.29 is 14.3 Å². The molecule has 0 aliphatic carbocycles. The van der Waals surface area contributed by atoms with Gasteiger partial charge in [-0.15, -0.1) is 24.0 Å². The first-order valence-corrected chi connectivity index (χ1v) is 10.5. The lowest BCUT2D eigenvalue weighted by Gasteiger charge is -2.34. The molecular weight excluding hydrogens is 487 g/mol. The summed E-state index contributed by atoms with van der Waals surface area (Å²) in [5.41, 5.74) is 0. The van der Waals surface area contributed by atoms with Crippen molar-refractivity contribution in [3.05, 3.63) is 0 Å². The highest BCUT2D eigenvalue weighted by molar-refractivity contribution is 14.0. The Hall–Kier alpha value is -1.30. The largest absolute Gasteiger partial charge is 0.450 e. The molecule has 0 spiro atoms. The number of piperazine rings is 1. The van der Waals surface area contributed by atoms with Gasteiger partial charge in [-0.05, 0) is 26.7 Å². The third-order valence-corrected chi connectivity index (χ3v) is 5.21. The van der Waals surface area contributed by atoms with Crippen LogP contribution in [0.3, 0.4) is 0 Å². The molecule has 0 aromatic rings. The molecule has 2 aliphatic rings. The van der Waals surface area contributed by atoms with Crippen molar-refractivity contribution in [1.82, 2.24) is 25.3 Å². The molecule has 0 aromatic heterocycles. The lowest BCUT2D eigenvalue weighted by atomic mass is 10.1. The number of ether oxygens (including phenoxy) is 1. The molecule has 10 heteroatoms. The van der Waals surface area contributed by atoms with Gasteiger partial charge in [-0.1, -0.05) is 0 Å². The van der Waals surface area contributed by atoms with Crippen LogP contribution in [0.25, 0.3) is 0 Å². The Bertz CT molecular complexity index is 532. The van der Waals surface area contributed by atoms with Crippen LogP contribution in [0.1, 0.15) is 33.6 Å². The van der Waals surface area contributed by atoms with Crippen LogP contribution >= 0.6 is 24.0 Å². The number of amides is 2. The van der Waals surface area contributed by atoms with Gasteiger partial charge in [-0.3, -0.25) is 14.7 Å². The average molecular weight is 524 g/mol. The van der Waals surface area contributed by atoms with Crippen LogP contribution in [0.5, 0.6) is 0 Å². The van der Waals surface area contributed by atoms with Crippen LogP contribution in [-0.2, 0) is 9.53 Å². The van der Waals surface area contributed by atoms with Crippen LogP contribution in [0.2, 0.25) is 0 Å². The van der Waals surface area contributed by atoms with E-state index < -0.39 is 0 Å². The summed E-state index contributed by atoms with van der Waals surface area (Å²) in [5, 5.41) is 6.80. The Balaban J connectivity index is 0.00000420. The van der Waals surface area contributed by atoms with E-state index in [0.717, 1.165) is 64.6 Å². The van der Waals surface area contributed by atoms with Gasteiger partial charge in [-0.2, -0.15) is 0 Å². The van der Waals surface area contributed by atoms with Gasteiger partial charge in [0.15, 0.2) is 5.96 Å². The van der Waals surface area contributed by atoms with Gasteiger partial charge in [0, 0.05) is 65.3 Å². The van der Waals surface area contributed by atoms with Gasteiger partial charge < -0.3 is 25.2 Å². The third kappa shape index (κ3) is 8.93. The number of piperidine rings is 1. The molecule has 2 N–H and O–H groups in total. The number of rotatable bonds is 6. The zero-order chi connectivity index (χ0) is 20.4. The van der Waals surface area contributed by atoms with Crippen molar-refractivity contribution in [3.63, 3.8) is 0 Å². The Morgan fingerprint density at radius 2 is 1.69 bits per heavy atom. The zero-order valence-corrected chi connectivity index (χ0v) is 20.3. The fourth-order valence-electron chi connectivity index (χ4n) is 3.52. The molecule has 0 radical (unpaired) electrons. The Kier molecular flexibility index (Phi) is 12.3. The van der Waals surface area contributed by atoms with Crippen LogP contribution in [0.15, 0.2) is 4.99 Å². The predicted molar refractivity (Wildman–Crippen MR) is 125 cm³/mol. The maximum atomic E-state index is 11.8. The molecule has 29 heavy (non-hydrogen) atoms. The summed E-state index contributed by atoms with van der Waals surface area (Å²) in [5.74, 6) is 0.991. The highest BCUT2D eigenvalue weighted by atomic mass is 127. The molecular formula is C19H37IN6O3. The molecule has 2 rings (SSSR count). The highest BCUT2D eigenvalue weighted by Crippen LogP contribution is 2.11. The number of aliphatic imine (C=N–C) groups is 1. The summed E-state index contributed by atoms with van der Waals surface area (Å²) in [4.78, 5) is 33.9. The van der Waals surface area contributed by atoms with Gasteiger partial charge in [-0.25, -0.2) is 4.79 Å². The summed E-state index contributed by atoms with van der Waals surface area (Å²) in [6, 6.07) is 0.308. The fraction of sp³-hybridized carbons (Fsp3) is 0.842. The van der Waals surface area contributed by atoms with E-state index in [-0.39, 0.29) is 36.0 Å². The van der Waals surface area contributed by atoms with Gasteiger partial charge in [0.25, 0.3) is 0 Å². The number of guanidine groups is 1. The maximum Gasteiger partial charge on any atom is 0.409 e. The van der Waals surface area contributed by atoms with Gasteiger partial charge in [0.1, 0.15) is 0 Å². The second kappa shape index (κ2) is 13.8. The van der Waals surface area contributed by atoms with E-state index in [9.17, 15) is 9.59 Å².